The van der Waals surface area contributed by atoms with Crippen molar-refractivity contribution in [2.75, 3.05) is 38.1 Å². The van der Waals surface area contributed by atoms with Crippen molar-refractivity contribution in [2.45, 2.75) is 51.0 Å². The van der Waals surface area contributed by atoms with E-state index in [2.05, 4.69) is 26.2 Å². The minimum Gasteiger partial charge on any atom is -0.473 e. The molecule has 2 saturated heterocycles. The van der Waals surface area contributed by atoms with Crippen molar-refractivity contribution < 1.29 is 23.8 Å². The lowest BCUT2D eigenvalue weighted by Gasteiger charge is -2.32. The van der Waals surface area contributed by atoms with E-state index in [1.807, 2.05) is 24.3 Å². The van der Waals surface area contributed by atoms with Crippen LogP contribution in [0.5, 0.6) is 5.88 Å². The third-order valence-electron chi connectivity index (χ3n) is 8.24. The Morgan fingerprint density at radius 3 is 2.68 bits per heavy atom. The molecule has 6 rings (SSSR count). The molecular weight excluding hydrogens is 587 g/mol. The van der Waals surface area contributed by atoms with Crippen molar-refractivity contribution in [3.05, 3.63) is 82.5 Å². The Balaban J connectivity index is 1.08. The third kappa shape index (κ3) is 7.40. The van der Waals surface area contributed by atoms with Gasteiger partial charge in [0.2, 0.25) is 5.88 Å². The second-order valence-electron chi connectivity index (χ2n) is 11.3. The zero-order valence-corrected chi connectivity index (χ0v) is 25.1. The van der Waals surface area contributed by atoms with Crippen LogP contribution >= 0.6 is 11.6 Å². The molecule has 2 aromatic carbocycles. The minimum absolute atomic E-state index is 0.0876. The molecule has 2 aliphatic heterocycles. The Labute approximate surface area is 260 Å². The Bertz CT molecular complexity index is 1610. The molecule has 0 spiro atoms. The molecule has 4 aromatic rings. The highest BCUT2D eigenvalue weighted by molar-refractivity contribution is 6.30. The molecule has 4 heterocycles. The molecule has 0 radical (unpaired) electrons. The number of anilines is 1. The van der Waals surface area contributed by atoms with Crippen LogP contribution in [0, 0.1) is 5.82 Å². The molecule has 1 atom stereocenters. The van der Waals surface area contributed by atoms with Crippen molar-refractivity contribution in [3.8, 4) is 5.88 Å². The molecule has 2 aliphatic rings. The van der Waals surface area contributed by atoms with Gasteiger partial charge in [0.15, 0.2) is 0 Å². The number of likely N-dealkylation sites (tertiary alicyclic amines) is 1. The van der Waals surface area contributed by atoms with Gasteiger partial charge < -0.3 is 29.8 Å². The van der Waals surface area contributed by atoms with E-state index in [1.54, 1.807) is 18.2 Å². The zero-order chi connectivity index (χ0) is 30.5. The van der Waals surface area contributed by atoms with E-state index in [9.17, 15) is 9.18 Å². The lowest BCUT2D eigenvalue weighted by molar-refractivity contribution is -0.0592. The van der Waals surface area contributed by atoms with E-state index in [0.29, 0.717) is 35.5 Å². The number of piperidine rings is 1. The van der Waals surface area contributed by atoms with Crippen molar-refractivity contribution in [1.82, 2.24) is 24.8 Å². The number of fused-ring (bicyclic) bond motifs is 1. The van der Waals surface area contributed by atoms with Crippen LogP contribution in [0.15, 0.2) is 54.6 Å². The number of nitrogens with one attached hydrogen (secondary N) is 2. The normalized spacial score (nSPS) is 17.4. The van der Waals surface area contributed by atoms with Crippen LogP contribution in [0.25, 0.3) is 11.0 Å². The van der Waals surface area contributed by atoms with E-state index in [0.717, 1.165) is 80.3 Å². The number of nitrogens with zero attached hydrogens (tertiary/aromatic N) is 4. The molecule has 1 amide bonds. The van der Waals surface area contributed by atoms with Crippen LogP contribution in [0.4, 0.5) is 14.9 Å². The largest absolute Gasteiger partial charge is 0.473 e. The van der Waals surface area contributed by atoms with Gasteiger partial charge in [-0.1, -0.05) is 23.7 Å². The number of benzene rings is 2. The van der Waals surface area contributed by atoms with Crippen LogP contribution < -0.4 is 15.4 Å². The number of aromatic nitrogens is 3. The van der Waals surface area contributed by atoms with Gasteiger partial charge in [-0.25, -0.2) is 19.2 Å². The van der Waals surface area contributed by atoms with Crippen molar-refractivity contribution in [1.29, 1.82) is 0 Å². The SMILES string of the molecule is O=C(O)NCCNc1ccc2c(c1)nc(CN1CCC(c3cccc(OCc4ccc(Cl)cc4F)n3)CC1)n2C[C@@H]1CCO1. The van der Waals surface area contributed by atoms with E-state index >= 15 is 0 Å². The second-order valence-corrected chi connectivity index (χ2v) is 11.7. The lowest BCUT2D eigenvalue weighted by Crippen LogP contribution is -2.35. The fourth-order valence-electron chi connectivity index (χ4n) is 5.74. The van der Waals surface area contributed by atoms with Crippen molar-refractivity contribution in [2.24, 2.45) is 0 Å². The highest BCUT2D eigenvalue weighted by Gasteiger charge is 2.26. The maximum Gasteiger partial charge on any atom is 0.404 e. The highest BCUT2D eigenvalue weighted by Crippen LogP contribution is 2.30. The smallest absolute Gasteiger partial charge is 0.404 e. The Hall–Kier alpha value is -3.93. The van der Waals surface area contributed by atoms with Gasteiger partial charge in [0.1, 0.15) is 18.2 Å². The second kappa shape index (κ2) is 13.8. The fraction of sp³-hybridized carbons (Fsp3) is 0.406. The van der Waals surface area contributed by atoms with Gasteiger partial charge >= 0.3 is 6.09 Å². The first-order valence-electron chi connectivity index (χ1n) is 15.0. The van der Waals surface area contributed by atoms with Gasteiger partial charge in [-0.3, -0.25) is 4.90 Å². The number of ether oxygens (including phenoxy) is 2. The Morgan fingerprint density at radius 2 is 1.93 bits per heavy atom. The number of carboxylic acid groups (broad SMARTS) is 1. The molecule has 0 aliphatic carbocycles. The molecule has 232 valence electrons. The van der Waals surface area contributed by atoms with Crippen molar-refractivity contribution in [3.63, 3.8) is 0 Å². The number of hydrogen-bond acceptors (Lipinski definition) is 7. The molecular formula is C32H36ClFN6O4. The molecule has 10 nitrogen and oxygen atoms in total. The molecule has 0 saturated carbocycles. The predicted octanol–water partition coefficient (Wildman–Crippen LogP) is 5.65. The summed E-state index contributed by atoms with van der Waals surface area (Å²) in [5, 5.41) is 14.8. The van der Waals surface area contributed by atoms with E-state index < -0.39 is 11.9 Å². The quantitative estimate of drug-likeness (QED) is 0.174. The minimum atomic E-state index is -1.03. The first-order chi connectivity index (χ1) is 21.4. The van der Waals surface area contributed by atoms with Gasteiger partial charge in [-0.2, -0.15) is 0 Å². The van der Waals surface area contributed by atoms with Gasteiger partial charge in [0, 0.05) is 53.6 Å². The van der Waals surface area contributed by atoms with E-state index in [1.165, 1.54) is 6.07 Å². The fourth-order valence-corrected chi connectivity index (χ4v) is 5.90. The third-order valence-corrected chi connectivity index (χ3v) is 8.48. The standard InChI is InChI=1S/C32H36ClFN6O4/c33-23-5-4-22(26(34)16-23)20-44-31-3-1-2-27(38-31)21-8-13-39(14-9-21)19-30-37-28-17-24(35-11-12-36-32(41)42)6-7-29(28)40(30)18-25-10-15-43-25/h1-7,16-17,21,25,35-36H,8-15,18-20H2,(H,41,42)/t25-/m0/s1. The summed E-state index contributed by atoms with van der Waals surface area (Å²) in [6, 6.07) is 16.5. The Kier molecular flexibility index (Phi) is 9.44. The molecule has 44 heavy (non-hydrogen) atoms. The average Bonchev–Trinajstić information content (AvgIpc) is 3.33. The Morgan fingerprint density at radius 1 is 1.09 bits per heavy atom. The lowest BCUT2D eigenvalue weighted by atomic mass is 9.93. The summed E-state index contributed by atoms with van der Waals surface area (Å²) < 4.78 is 28.0. The van der Waals surface area contributed by atoms with E-state index in [4.69, 9.17) is 36.1 Å². The van der Waals surface area contributed by atoms with Crippen LogP contribution in [0.1, 0.15) is 42.3 Å². The number of rotatable bonds is 12. The van der Waals surface area contributed by atoms with Crippen LogP contribution in [0.3, 0.4) is 0 Å². The maximum atomic E-state index is 14.2. The number of halogens is 2. The van der Waals surface area contributed by atoms with Crippen LogP contribution in [0.2, 0.25) is 5.02 Å². The molecule has 0 unspecified atom stereocenters. The monoisotopic (exact) mass is 622 g/mol. The van der Waals surface area contributed by atoms with Gasteiger partial charge in [-0.15, -0.1) is 0 Å². The molecule has 2 fully saturated rings. The van der Waals surface area contributed by atoms with Gasteiger partial charge in [0.05, 0.1) is 30.2 Å². The summed E-state index contributed by atoms with van der Waals surface area (Å²) in [5.74, 6) is 1.42. The maximum absolute atomic E-state index is 14.2. The predicted molar refractivity (Wildman–Crippen MR) is 166 cm³/mol. The molecule has 0 bridgehead atoms. The number of pyridine rings is 1. The average molecular weight is 623 g/mol. The van der Waals surface area contributed by atoms with Crippen LogP contribution in [-0.2, 0) is 24.4 Å². The molecule has 12 heteroatoms. The summed E-state index contributed by atoms with van der Waals surface area (Å²) in [6.45, 7) is 5.04. The summed E-state index contributed by atoms with van der Waals surface area (Å²) in [6.07, 6.45) is 2.15. The number of carbonyl (C=O) groups is 1. The number of imidazole rings is 1. The van der Waals surface area contributed by atoms with Crippen LogP contribution in [-0.4, -0.2) is 69.5 Å². The topological polar surface area (TPSA) is 114 Å². The summed E-state index contributed by atoms with van der Waals surface area (Å²) in [5.41, 5.74) is 4.31. The highest BCUT2D eigenvalue weighted by atomic mass is 35.5. The summed E-state index contributed by atoms with van der Waals surface area (Å²) in [4.78, 5) is 22.9. The summed E-state index contributed by atoms with van der Waals surface area (Å²) in [7, 11) is 0. The van der Waals surface area contributed by atoms with Crippen molar-refractivity contribution >= 4 is 34.4 Å². The number of amides is 1. The first kappa shape index (κ1) is 30.1. The van der Waals surface area contributed by atoms with Gasteiger partial charge in [-0.05, 0) is 68.8 Å². The molecule has 3 N–H and O–H groups in total. The molecule has 2 aromatic heterocycles. The van der Waals surface area contributed by atoms with E-state index in [-0.39, 0.29) is 12.7 Å². The van der Waals surface area contributed by atoms with Gasteiger partial charge in [0.25, 0.3) is 0 Å². The number of hydrogen-bond donors (Lipinski definition) is 3. The summed E-state index contributed by atoms with van der Waals surface area (Å²) >= 11 is 5.86. The first-order valence-corrected chi connectivity index (χ1v) is 15.4. The zero-order valence-electron chi connectivity index (χ0n) is 24.3.